The smallest absolute Gasteiger partial charge is 0.264 e. The topological polar surface area (TPSA) is 52.6 Å². The predicted molar refractivity (Wildman–Crippen MR) is 58.2 cm³/mol. The third kappa shape index (κ3) is 5.49. The number of hydrogen-bond donors (Lipinski definition) is 0. The maximum absolute atomic E-state index is 10.6. The number of ether oxygens (including phenoxy) is 1. The van der Waals surface area contributed by atoms with Crippen molar-refractivity contribution >= 4 is 10.1 Å². The third-order valence-corrected chi connectivity index (χ3v) is 3.30. The van der Waals surface area contributed by atoms with Crippen LogP contribution in [0.2, 0.25) is 0 Å². The molecule has 15 heavy (non-hydrogen) atoms. The molecule has 0 N–H and O–H groups in total. The van der Waals surface area contributed by atoms with Crippen molar-refractivity contribution in [1.29, 1.82) is 0 Å². The molecule has 0 aliphatic heterocycles. The molecule has 0 unspecified atom stereocenters. The Morgan fingerprint density at radius 2 is 1.93 bits per heavy atom. The Kier molecular flexibility index (Phi) is 5.02. The summed E-state index contributed by atoms with van der Waals surface area (Å²) in [7, 11) is -3.28. The minimum absolute atomic E-state index is 0.225. The van der Waals surface area contributed by atoms with Gasteiger partial charge in [-0.05, 0) is 25.2 Å². The lowest BCUT2D eigenvalue weighted by Gasteiger charge is -2.34. The second kappa shape index (κ2) is 5.82. The van der Waals surface area contributed by atoms with E-state index in [-0.39, 0.29) is 6.61 Å². The van der Waals surface area contributed by atoms with Gasteiger partial charge in [0.25, 0.3) is 10.1 Å². The van der Waals surface area contributed by atoms with Crippen molar-refractivity contribution in [1.82, 2.24) is 0 Å². The summed E-state index contributed by atoms with van der Waals surface area (Å²) in [6, 6.07) is 0. The Bertz CT molecular complexity index is 267. The van der Waals surface area contributed by atoms with Crippen LogP contribution in [0, 0.1) is 5.92 Å². The Balaban J connectivity index is 1.91. The monoisotopic (exact) mass is 236 g/mol. The average Bonchev–Trinajstić information content (AvgIpc) is 2.05. The third-order valence-electron chi connectivity index (χ3n) is 2.71. The zero-order valence-corrected chi connectivity index (χ0v) is 10.3. The van der Waals surface area contributed by atoms with Gasteiger partial charge in [-0.1, -0.05) is 13.3 Å². The molecule has 0 spiro atoms. The first-order valence-corrected chi connectivity index (χ1v) is 7.29. The molecule has 1 fully saturated rings. The Hall–Kier alpha value is -0.130. The highest BCUT2D eigenvalue weighted by Crippen LogP contribution is 2.32. The fourth-order valence-electron chi connectivity index (χ4n) is 1.66. The molecule has 5 heteroatoms. The highest BCUT2D eigenvalue weighted by atomic mass is 32.2. The van der Waals surface area contributed by atoms with Gasteiger partial charge in [-0.3, -0.25) is 4.18 Å². The predicted octanol–water partition coefficient (Wildman–Crippen LogP) is 1.56. The van der Waals surface area contributed by atoms with Crippen molar-refractivity contribution in [3.63, 3.8) is 0 Å². The average molecular weight is 236 g/mol. The zero-order chi connectivity index (χ0) is 11.3. The molecule has 4 nitrogen and oxygen atoms in total. The van der Waals surface area contributed by atoms with Gasteiger partial charge < -0.3 is 4.74 Å². The molecule has 0 bridgehead atoms. The lowest BCUT2D eigenvalue weighted by molar-refractivity contribution is -0.0342. The van der Waals surface area contributed by atoms with Crippen molar-refractivity contribution in [2.24, 2.45) is 5.92 Å². The molecule has 0 aromatic rings. The van der Waals surface area contributed by atoms with E-state index in [0.29, 0.717) is 19.1 Å². The molecule has 1 rings (SSSR count). The van der Waals surface area contributed by atoms with Gasteiger partial charge in [0.1, 0.15) is 0 Å². The molecule has 0 amide bonds. The molecule has 1 aliphatic carbocycles. The Morgan fingerprint density at radius 1 is 1.27 bits per heavy atom. The molecular formula is C10H20O4S. The standard InChI is InChI=1S/C10H20O4S/c1-3-9-7-10(8-9)13-5-4-6-14-15(2,11)12/h9-10H,3-8H2,1-2H3/t9-,10-. The van der Waals surface area contributed by atoms with Gasteiger partial charge in [0.2, 0.25) is 0 Å². The van der Waals surface area contributed by atoms with E-state index in [1.165, 1.54) is 6.42 Å². The van der Waals surface area contributed by atoms with Gasteiger partial charge in [-0.15, -0.1) is 0 Å². The van der Waals surface area contributed by atoms with Gasteiger partial charge >= 0.3 is 0 Å². The number of hydrogen-bond acceptors (Lipinski definition) is 4. The molecule has 0 aromatic carbocycles. The molecule has 0 heterocycles. The van der Waals surface area contributed by atoms with Crippen LogP contribution in [0.3, 0.4) is 0 Å². The van der Waals surface area contributed by atoms with Gasteiger partial charge in [-0.2, -0.15) is 8.42 Å². The first-order valence-electron chi connectivity index (χ1n) is 5.47. The molecule has 0 aromatic heterocycles. The molecular weight excluding hydrogens is 216 g/mol. The fourth-order valence-corrected chi connectivity index (χ4v) is 2.08. The maximum Gasteiger partial charge on any atom is 0.264 e. The molecule has 0 atom stereocenters. The van der Waals surface area contributed by atoms with Crippen LogP contribution in [0.25, 0.3) is 0 Å². The lowest BCUT2D eigenvalue weighted by atomic mass is 9.80. The highest BCUT2D eigenvalue weighted by Gasteiger charge is 2.27. The fraction of sp³-hybridized carbons (Fsp3) is 1.00. The van der Waals surface area contributed by atoms with Crippen LogP contribution in [0.15, 0.2) is 0 Å². The van der Waals surface area contributed by atoms with Crippen LogP contribution in [-0.4, -0.2) is 34.0 Å². The van der Waals surface area contributed by atoms with Crippen molar-refractivity contribution in [2.45, 2.75) is 38.7 Å². The largest absolute Gasteiger partial charge is 0.378 e. The molecule has 1 aliphatic rings. The van der Waals surface area contributed by atoms with Crippen LogP contribution in [0.5, 0.6) is 0 Å². The van der Waals surface area contributed by atoms with E-state index in [9.17, 15) is 8.42 Å². The Labute approximate surface area is 92.1 Å². The van der Waals surface area contributed by atoms with Crippen LogP contribution < -0.4 is 0 Å². The lowest BCUT2D eigenvalue weighted by Crippen LogP contribution is -2.31. The summed E-state index contributed by atoms with van der Waals surface area (Å²) >= 11 is 0. The first-order chi connectivity index (χ1) is 7.01. The van der Waals surface area contributed by atoms with E-state index in [1.807, 2.05) is 0 Å². The second-order valence-corrected chi connectivity index (χ2v) is 5.76. The minimum atomic E-state index is -3.28. The van der Waals surface area contributed by atoms with E-state index in [0.717, 1.165) is 25.0 Å². The number of rotatable bonds is 7. The summed E-state index contributed by atoms with van der Waals surface area (Å²) in [6.45, 7) is 3.01. The van der Waals surface area contributed by atoms with Gasteiger partial charge in [0, 0.05) is 6.61 Å². The van der Waals surface area contributed by atoms with Crippen molar-refractivity contribution in [2.75, 3.05) is 19.5 Å². The maximum atomic E-state index is 10.6. The van der Waals surface area contributed by atoms with Crippen molar-refractivity contribution in [3.8, 4) is 0 Å². The SMILES string of the molecule is CC[C@H]1C[C@H](OCCCOS(C)(=O)=O)C1. The van der Waals surface area contributed by atoms with Crippen LogP contribution in [0.4, 0.5) is 0 Å². The van der Waals surface area contributed by atoms with Gasteiger partial charge in [0.05, 0.1) is 19.0 Å². The molecule has 90 valence electrons. The second-order valence-electron chi connectivity index (χ2n) is 4.12. The Morgan fingerprint density at radius 3 is 2.47 bits per heavy atom. The van der Waals surface area contributed by atoms with E-state index in [1.54, 1.807) is 0 Å². The van der Waals surface area contributed by atoms with Crippen molar-refractivity contribution < 1.29 is 17.3 Å². The molecule has 0 saturated heterocycles. The van der Waals surface area contributed by atoms with Crippen LogP contribution in [-0.2, 0) is 19.0 Å². The molecule has 1 saturated carbocycles. The summed E-state index contributed by atoms with van der Waals surface area (Å²) in [5, 5.41) is 0. The van der Waals surface area contributed by atoms with E-state index < -0.39 is 10.1 Å². The van der Waals surface area contributed by atoms with E-state index >= 15 is 0 Å². The first kappa shape index (κ1) is 12.9. The summed E-state index contributed by atoms with van der Waals surface area (Å²) < 4.78 is 31.4. The summed E-state index contributed by atoms with van der Waals surface area (Å²) in [5.41, 5.74) is 0. The van der Waals surface area contributed by atoms with E-state index in [4.69, 9.17) is 4.74 Å². The highest BCUT2D eigenvalue weighted by molar-refractivity contribution is 7.85. The summed E-state index contributed by atoms with van der Waals surface area (Å²) in [5.74, 6) is 0.835. The van der Waals surface area contributed by atoms with Crippen LogP contribution in [0.1, 0.15) is 32.6 Å². The van der Waals surface area contributed by atoms with Gasteiger partial charge in [0.15, 0.2) is 0 Å². The zero-order valence-electron chi connectivity index (χ0n) is 9.44. The quantitative estimate of drug-likeness (QED) is 0.497. The van der Waals surface area contributed by atoms with Gasteiger partial charge in [-0.25, -0.2) is 0 Å². The summed E-state index contributed by atoms with van der Waals surface area (Å²) in [6.07, 6.45) is 5.64. The van der Waals surface area contributed by atoms with Crippen molar-refractivity contribution in [3.05, 3.63) is 0 Å². The normalized spacial score (nSPS) is 26.3. The summed E-state index contributed by atoms with van der Waals surface area (Å²) in [4.78, 5) is 0. The van der Waals surface area contributed by atoms with E-state index in [2.05, 4.69) is 11.1 Å². The minimum Gasteiger partial charge on any atom is -0.378 e. The van der Waals surface area contributed by atoms with Crippen LogP contribution >= 0.6 is 0 Å². The molecule has 0 radical (unpaired) electrons.